The highest BCUT2D eigenvalue weighted by Gasteiger charge is 2.47. The van der Waals surface area contributed by atoms with Crippen molar-refractivity contribution in [3.63, 3.8) is 0 Å². The number of phenols is 3. The average Bonchev–Trinajstić information content (AvgIpc) is 2.94. The van der Waals surface area contributed by atoms with E-state index in [1.807, 2.05) is 0 Å². The Bertz CT molecular complexity index is 1490. The van der Waals surface area contributed by atoms with Crippen LogP contribution in [0.4, 0.5) is 0 Å². The second-order valence-corrected chi connectivity index (χ2v) is 10.1. The van der Waals surface area contributed by atoms with E-state index in [4.69, 9.17) is 23.4 Å². The SMILES string of the molecule is C[C@@H]1O[C@H](OC[C@H]2O[C@@H](Oc3c(-c4cccc(O)c4)oc4cc(O)cc(O)c4c3=O)[C@H](O)[C@@H](O)[C@@H]2O)[C@H](O)[C@H](O)[C@H]1O. The monoisotopic (exact) mass is 594 g/mol. The Morgan fingerprint density at radius 1 is 0.786 bits per heavy atom. The van der Waals surface area contributed by atoms with E-state index in [2.05, 4.69) is 0 Å². The molecular formula is C27H30O15. The van der Waals surface area contributed by atoms with Gasteiger partial charge >= 0.3 is 0 Å². The zero-order valence-corrected chi connectivity index (χ0v) is 21.9. The van der Waals surface area contributed by atoms with Crippen LogP contribution in [0.15, 0.2) is 45.6 Å². The van der Waals surface area contributed by atoms with Gasteiger partial charge in [-0.05, 0) is 19.1 Å². The van der Waals surface area contributed by atoms with E-state index in [-0.39, 0.29) is 22.7 Å². The molecule has 2 saturated heterocycles. The third-order valence-corrected chi connectivity index (χ3v) is 7.16. The minimum atomic E-state index is -1.93. The van der Waals surface area contributed by atoms with Crippen molar-refractivity contribution in [3.8, 4) is 34.3 Å². The van der Waals surface area contributed by atoms with Gasteiger partial charge in [-0.15, -0.1) is 0 Å². The van der Waals surface area contributed by atoms with Crippen LogP contribution in [0.1, 0.15) is 6.92 Å². The highest BCUT2D eigenvalue weighted by Crippen LogP contribution is 2.38. The molecule has 0 bridgehead atoms. The molecular weight excluding hydrogens is 564 g/mol. The summed E-state index contributed by atoms with van der Waals surface area (Å²) in [7, 11) is 0. The minimum Gasteiger partial charge on any atom is -0.508 e. The number of hydrogen-bond acceptors (Lipinski definition) is 15. The van der Waals surface area contributed by atoms with Crippen LogP contribution in [-0.4, -0.2) is 114 Å². The van der Waals surface area contributed by atoms with E-state index < -0.39 is 96.1 Å². The summed E-state index contributed by atoms with van der Waals surface area (Å²) in [6.45, 7) is 0.859. The third kappa shape index (κ3) is 5.49. The van der Waals surface area contributed by atoms with Gasteiger partial charge in [-0.1, -0.05) is 12.1 Å². The van der Waals surface area contributed by atoms with Crippen molar-refractivity contribution in [1.82, 2.24) is 0 Å². The number of aliphatic hydroxyl groups is 6. The molecule has 0 unspecified atom stereocenters. The number of fused-ring (bicyclic) bond motifs is 1. The van der Waals surface area contributed by atoms with Crippen LogP contribution >= 0.6 is 0 Å². The molecule has 15 nitrogen and oxygen atoms in total. The number of ether oxygens (including phenoxy) is 4. The van der Waals surface area contributed by atoms with Gasteiger partial charge in [0.15, 0.2) is 12.1 Å². The molecule has 1 aromatic heterocycles. The van der Waals surface area contributed by atoms with Crippen LogP contribution in [0.2, 0.25) is 0 Å². The molecule has 2 aliphatic rings. The van der Waals surface area contributed by atoms with Crippen molar-refractivity contribution in [2.75, 3.05) is 6.61 Å². The smallest absolute Gasteiger partial charge is 0.239 e. The van der Waals surface area contributed by atoms with Crippen LogP contribution < -0.4 is 10.2 Å². The van der Waals surface area contributed by atoms with Gasteiger partial charge < -0.3 is 69.3 Å². The molecule has 42 heavy (non-hydrogen) atoms. The summed E-state index contributed by atoms with van der Waals surface area (Å²) < 4.78 is 27.9. The highest BCUT2D eigenvalue weighted by atomic mass is 16.7. The number of phenolic OH excluding ortho intramolecular Hbond substituents is 3. The summed E-state index contributed by atoms with van der Waals surface area (Å²) >= 11 is 0. The fourth-order valence-corrected chi connectivity index (χ4v) is 4.82. The maximum absolute atomic E-state index is 13.6. The third-order valence-electron chi connectivity index (χ3n) is 7.16. The van der Waals surface area contributed by atoms with E-state index in [0.29, 0.717) is 0 Å². The molecule has 3 aromatic rings. The van der Waals surface area contributed by atoms with E-state index in [1.54, 1.807) is 0 Å². The lowest BCUT2D eigenvalue weighted by atomic mass is 9.98. The van der Waals surface area contributed by atoms with Crippen molar-refractivity contribution >= 4 is 11.0 Å². The molecule has 15 heteroatoms. The second-order valence-electron chi connectivity index (χ2n) is 10.1. The quantitative estimate of drug-likeness (QED) is 0.159. The van der Waals surface area contributed by atoms with Gasteiger partial charge in [0.1, 0.15) is 70.9 Å². The summed E-state index contributed by atoms with van der Waals surface area (Å²) in [5.41, 5.74) is -1.07. The maximum Gasteiger partial charge on any atom is 0.239 e. The summed E-state index contributed by atoms with van der Waals surface area (Å²) in [5.74, 6) is -2.17. The molecule has 5 rings (SSSR count). The summed E-state index contributed by atoms with van der Waals surface area (Å²) in [6, 6.07) is 7.45. The maximum atomic E-state index is 13.6. The standard InChI is InChI=1S/C27H30O15/c1-9-17(31)20(34)22(36)26(39-9)38-8-15-18(32)21(35)23(37)27(41-15)42-25-19(33)16-13(30)6-12(29)7-14(16)40-24(25)10-3-2-4-11(28)5-10/h2-7,9,15,17-18,20-23,26-32,34-37H,8H2,1H3/t9-,15+,17-,18+,20+,21-,22+,23+,26-,27-/m0/s1. The Balaban J connectivity index is 1.47. The van der Waals surface area contributed by atoms with Crippen LogP contribution in [-0.2, 0) is 14.2 Å². The first-order valence-corrected chi connectivity index (χ1v) is 12.9. The molecule has 2 aliphatic heterocycles. The largest absolute Gasteiger partial charge is 0.508 e. The molecule has 0 saturated carbocycles. The number of benzene rings is 2. The van der Waals surface area contributed by atoms with Crippen molar-refractivity contribution in [3.05, 3.63) is 46.6 Å². The van der Waals surface area contributed by atoms with Gasteiger partial charge in [-0.2, -0.15) is 0 Å². The van der Waals surface area contributed by atoms with Gasteiger partial charge in [0.05, 0.1) is 12.7 Å². The molecule has 228 valence electrons. The zero-order chi connectivity index (χ0) is 30.5. The first-order chi connectivity index (χ1) is 19.9. The second kappa shape index (κ2) is 11.6. The Kier molecular flexibility index (Phi) is 8.30. The zero-order valence-electron chi connectivity index (χ0n) is 21.9. The van der Waals surface area contributed by atoms with Crippen molar-refractivity contribution in [2.45, 2.75) is 68.3 Å². The predicted octanol–water partition coefficient (Wildman–Crippen LogP) is -1.39. The van der Waals surface area contributed by atoms with E-state index >= 15 is 0 Å². The molecule has 0 amide bonds. The molecule has 0 aliphatic carbocycles. The van der Waals surface area contributed by atoms with Crippen molar-refractivity contribution in [2.24, 2.45) is 0 Å². The normalized spacial score (nSPS) is 33.5. The van der Waals surface area contributed by atoms with Gasteiger partial charge in [0.2, 0.25) is 17.5 Å². The van der Waals surface area contributed by atoms with Crippen molar-refractivity contribution < 1.29 is 69.3 Å². The molecule has 0 spiro atoms. The average molecular weight is 595 g/mol. The minimum absolute atomic E-state index is 0.121. The lowest BCUT2D eigenvalue weighted by Crippen LogP contribution is -2.61. The number of aromatic hydroxyl groups is 3. The van der Waals surface area contributed by atoms with Crippen molar-refractivity contribution in [1.29, 1.82) is 0 Å². The molecule has 10 atom stereocenters. The summed E-state index contributed by atoms with van der Waals surface area (Å²) in [6.07, 6.45) is -15.9. The lowest BCUT2D eigenvalue weighted by molar-refractivity contribution is -0.318. The van der Waals surface area contributed by atoms with Gasteiger partial charge in [0, 0.05) is 17.7 Å². The first-order valence-electron chi connectivity index (χ1n) is 12.9. The Morgan fingerprint density at radius 3 is 2.19 bits per heavy atom. The summed E-state index contributed by atoms with van der Waals surface area (Å²) in [5, 5.41) is 91.7. The molecule has 2 fully saturated rings. The summed E-state index contributed by atoms with van der Waals surface area (Å²) in [4.78, 5) is 13.6. The first kappa shape index (κ1) is 30.0. The number of rotatable bonds is 6. The molecule has 2 aromatic carbocycles. The molecule has 9 N–H and O–H groups in total. The van der Waals surface area contributed by atoms with Gasteiger partial charge in [-0.25, -0.2) is 0 Å². The fourth-order valence-electron chi connectivity index (χ4n) is 4.82. The lowest BCUT2D eigenvalue weighted by Gasteiger charge is -2.42. The van der Waals surface area contributed by atoms with Crippen LogP contribution in [0.3, 0.4) is 0 Å². The number of aliphatic hydroxyl groups excluding tert-OH is 6. The Labute approximate surface area is 236 Å². The van der Waals surface area contributed by atoms with E-state index in [0.717, 1.165) is 12.1 Å². The van der Waals surface area contributed by atoms with Crippen LogP contribution in [0, 0.1) is 0 Å². The van der Waals surface area contributed by atoms with E-state index in [9.17, 15) is 50.8 Å². The topological polar surface area (TPSA) is 249 Å². The Morgan fingerprint density at radius 2 is 1.48 bits per heavy atom. The fraction of sp³-hybridized carbons (Fsp3) is 0.444. The molecule has 0 radical (unpaired) electrons. The molecule has 3 heterocycles. The Hall–Kier alpha value is -3.51. The highest BCUT2D eigenvalue weighted by molar-refractivity contribution is 5.88. The van der Waals surface area contributed by atoms with Gasteiger partial charge in [0.25, 0.3) is 0 Å². The van der Waals surface area contributed by atoms with Crippen LogP contribution in [0.25, 0.3) is 22.3 Å². The predicted molar refractivity (Wildman–Crippen MR) is 139 cm³/mol. The number of hydrogen-bond donors (Lipinski definition) is 9. The van der Waals surface area contributed by atoms with Gasteiger partial charge in [-0.3, -0.25) is 4.79 Å². The van der Waals surface area contributed by atoms with E-state index in [1.165, 1.54) is 31.2 Å². The van der Waals surface area contributed by atoms with Crippen LogP contribution in [0.5, 0.6) is 23.0 Å².